The Kier molecular flexibility index (Phi) is 10.6. The number of halogens is 4. The number of aryl methyl sites for hydroxylation is 2. The number of carbonyl (C=O) groups excluding carboxylic acids is 2. The molecule has 7 nitrogen and oxygen atoms in total. The molecule has 0 aliphatic heterocycles. The van der Waals surface area contributed by atoms with Crippen LogP contribution in [0.4, 0.5) is 10.8 Å². The summed E-state index contributed by atoms with van der Waals surface area (Å²) in [7, 11) is 0. The number of aromatic carboxylic acids is 1. The Morgan fingerprint density at radius 1 is 0.783 bits per heavy atom. The Bertz CT molecular complexity index is 1950. The van der Waals surface area contributed by atoms with Gasteiger partial charge in [-0.2, -0.15) is 0 Å². The number of thiazole rings is 1. The van der Waals surface area contributed by atoms with Gasteiger partial charge in [-0.1, -0.05) is 107 Å². The normalized spacial score (nSPS) is 11.6. The molecule has 1 heterocycles. The summed E-state index contributed by atoms with van der Waals surface area (Å²) in [6.45, 7) is 3.99. The van der Waals surface area contributed by atoms with Gasteiger partial charge in [0, 0.05) is 21.0 Å². The molecular weight excluding hydrogens is 708 g/mol. The standard InChI is InChI=1S/C33H23Cl4N3O4S2/c1-16-8-10-18(11-9-16)28-17(2)45-33(39-28)40-31(42)29(19-6-4-3-5-7-19)46-21-14-12-20(13-15-21)38-30(41)22-23(32(43)44)25(35)27(37)26(36)24(22)34/h3-15,29H,1-2H3,(H,38,41)(H,43,44)(H,39,40,42). The second kappa shape index (κ2) is 14.5. The second-order valence-corrected chi connectivity index (χ2v) is 13.9. The first-order valence-corrected chi connectivity index (χ1v) is 16.7. The van der Waals surface area contributed by atoms with Gasteiger partial charge in [0.05, 0.1) is 36.9 Å². The molecule has 0 bridgehead atoms. The molecule has 5 rings (SSSR count). The number of benzene rings is 4. The molecule has 0 saturated heterocycles. The minimum Gasteiger partial charge on any atom is -0.478 e. The van der Waals surface area contributed by atoms with Gasteiger partial charge in [-0.05, 0) is 43.7 Å². The Morgan fingerprint density at radius 2 is 1.39 bits per heavy atom. The van der Waals surface area contributed by atoms with E-state index in [-0.39, 0.29) is 21.0 Å². The lowest BCUT2D eigenvalue weighted by molar-refractivity contribution is -0.115. The first-order valence-electron chi connectivity index (χ1n) is 13.5. The van der Waals surface area contributed by atoms with Gasteiger partial charge in [0.1, 0.15) is 5.25 Å². The fourth-order valence-corrected chi connectivity index (χ4v) is 7.38. The highest BCUT2D eigenvalue weighted by molar-refractivity contribution is 8.00. The molecule has 234 valence electrons. The van der Waals surface area contributed by atoms with E-state index < -0.39 is 33.3 Å². The summed E-state index contributed by atoms with van der Waals surface area (Å²) in [4.78, 5) is 45.1. The van der Waals surface area contributed by atoms with Gasteiger partial charge >= 0.3 is 5.97 Å². The van der Waals surface area contributed by atoms with Crippen molar-refractivity contribution >= 4 is 98.1 Å². The molecule has 4 aromatic carbocycles. The van der Waals surface area contributed by atoms with E-state index in [1.165, 1.54) is 23.1 Å². The predicted octanol–water partition coefficient (Wildman–Crippen LogP) is 10.5. The number of nitrogens with one attached hydrogen (secondary N) is 2. The lowest BCUT2D eigenvalue weighted by atomic mass is 10.1. The third-order valence-corrected chi connectivity index (χ3v) is 10.7. The zero-order valence-corrected chi connectivity index (χ0v) is 28.7. The topological polar surface area (TPSA) is 108 Å². The first-order chi connectivity index (χ1) is 21.9. The number of nitrogens with zero attached hydrogens (tertiary/aromatic N) is 1. The number of hydrogen-bond acceptors (Lipinski definition) is 6. The molecule has 0 fully saturated rings. The predicted molar refractivity (Wildman–Crippen MR) is 189 cm³/mol. The number of anilines is 2. The van der Waals surface area contributed by atoms with Gasteiger partial charge in [0.25, 0.3) is 5.91 Å². The molecule has 1 atom stereocenters. The molecule has 0 spiro atoms. The van der Waals surface area contributed by atoms with Gasteiger partial charge < -0.3 is 15.7 Å². The molecule has 0 radical (unpaired) electrons. The number of carbonyl (C=O) groups is 3. The Morgan fingerprint density at radius 3 is 2.00 bits per heavy atom. The Balaban J connectivity index is 1.35. The second-order valence-electron chi connectivity index (χ2n) is 9.98. The number of thioether (sulfide) groups is 1. The Labute approximate surface area is 292 Å². The highest BCUT2D eigenvalue weighted by Crippen LogP contribution is 2.42. The SMILES string of the molecule is Cc1ccc(-c2nc(NC(=O)C(Sc3ccc(NC(=O)c4c(Cl)c(Cl)c(Cl)c(Cl)c4C(=O)O)cc3)c3ccccc3)sc2C)cc1. The van der Waals surface area contributed by atoms with E-state index in [0.717, 1.165) is 32.2 Å². The molecule has 0 saturated carbocycles. The van der Waals surface area contributed by atoms with Crippen molar-refractivity contribution in [3.05, 3.63) is 126 Å². The molecular formula is C33H23Cl4N3O4S2. The van der Waals surface area contributed by atoms with Crippen LogP contribution in [0.1, 0.15) is 42.0 Å². The maximum Gasteiger partial charge on any atom is 0.338 e. The number of hydrogen-bond donors (Lipinski definition) is 3. The maximum atomic E-state index is 13.7. The molecule has 13 heteroatoms. The van der Waals surface area contributed by atoms with E-state index in [9.17, 15) is 19.5 Å². The van der Waals surface area contributed by atoms with Crippen LogP contribution < -0.4 is 10.6 Å². The van der Waals surface area contributed by atoms with Crippen LogP contribution in [0, 0.1) is 13.8 Å². The number of carboxylic acid groups (broad SMARTS) is 1. The molecule has 0 aliphatic rings. The van der Waals surface area contributed by atoms with Crippen molar-refractivity contribution < 1.29 is 19.5 Å². The fourth-order valence-electron chi connectivity index (χ4n) is 4.49. The van der Waals surface area contributed by atoms with Crippen LogP contribution in [-0.4, -0.2) is 27.9 Å². The quantitative estimate of drug-likeness (QED) is 0.0791. The van der Waals surface area contributed by atoms with Crippen molar-refractivity contribution in [3.8, 4) is 11.3 Å². The van der Waals surface area contributed by atoms with Crippen LogP contribution in [-0.2, 0) is 4.79 Å². The van der Waals surface area contributed by atoms with Crippen LogP contribution in [0.3, 0.4) is 0 Å². The lowest BCUT2D eigenvalue weighted by Crippen LogP contribution is -2.19. The summed E-state index contributed by atoms with van der Waals surface area (Å²) in [5.41, 5.74) is 3.09. The summed E-state index contributed by atoms with van der Waals surface area (Å²) in [6, 6.07) is 24.1. The van der Waals surface area contributed by atoms with Gasteiger partial charge in [0.2, 0.25) is 5.91 Å². The van der Waals surface area contributed by atoms with Crippen LogP contribution in [0.15, 0.2) is 83.8 Å². The minimum absolute atomic E-state index is 0.236. The zero-order valence-electron chi connectivity index (χ0n) is 24.0. The summed E-state index contributed by atoms with van der Waals surface area (Å²) in [6.07, 6.45) is 0. The third-order valence-electron chi connectivity index (χ3n) is 6.77. The number of carboxylic acids is 1. The molecule has 46 heavy (non-hydrogen) atoms. The average molecular weight is 732 g/mol. The molecule has 2 amide bonds. The van der Waals surface area contributed by atoms with E-state index in [4.69, 9.17) is 51.4 Å². The highest BCUT2D eigenvalue weighted by atomic mass is 35.5. The van der Waals surface area contributed by atoms with Gasteiger partial charge in [-0.25, -0.2) is 9.78 Å². The molecule has 3 N–H and O–H groups in total. The van der Waals surface area contributed by atoms with Crippen molar-refractivity contribution in [3.63, 3.8) is 0 Å². The van der Waals surface area contributed by atoms with E-state index in [1.807, 2.05) is 68.4 Å². The van der Waals surface area contributed by atoms with Crippen molar-refractivity contribution in [2.24, 2.45) is 0 Å². The van der Waals surface area contributed by atoms with Crippen LogP contribution in [0.5, 0.6) is 0 Å². The summed E-state index contributed by atoms with van der Waals surface area (Å²) >= 11 is 27.1. The van der Waals surface area contributed by atoms with Gasteiger partial charge in [-0.15, -0.1) is 23.1 Å². The largest absolute Gasteiger partial charge is 0.478 e. The van der Waals surface area contributed by atoms with Gasteiger partial charge in [0.15, 0.2) is 5.13 Å². The van der Waals surface area contributed by atoms with Crippen molar-refractivity contribution in [1.29, 1.82) is 0 Å². The van der Waals surface area contributed by atoms with Gasteiger partial charge in [-0.3, -0.25) is 9.59 Å². The van der Waals surface area contributed by atoms with E-state index in [1.54, 1.807) is 24.3 Å². The van der Waals surface area contributed by atoms with Crippen molar-refractivity contribution in [2.75, 3.05) is 10.6 Å². The molecule has 1 aromatic heterocycles. The molecule has 0 aliphatic carbocycles. The monoisotopic (exact) mass is 729 g/mol. The summed E-state index contributed by atoms with van der Waals surface area (Å²) in [5, 5.41) is 13.9. The van der Waals surface area contributed by atoms with E-state index >= 15 is 0 Å². The molecule has 1 unspecified atom stereocenters. The van der Waals surface area contributed by atoms with Crippen LogP contribution in [0.2, 0.25) is 20.1 Å². The minimum atomic E-state index is -1.49. The lowest BCUT2D eigenvalue weighted by Gasteiger charge is -2.17. The highest BCUT2D eigenvalue weighted by Gasteiger charge is 2.29. The fraction of sp³-hybridized carbons (Fsp3) is 0.0909. The number of amides is 2. The van der Waals surface area contributed by atoms with Crippen molar-refractivity contribution in [2.45, 2.75) is 24.0 Å². The average Bonchev–Trinajstić information content (AvgIpc) is 3.40. The molecule has 5 aromatic rings. The third kappa shape index (κ3) is 7.36. The van der Waals surface area contributed by atoms with Crippen molar-refractivity contribution in [1.82, 2.24) is 4.98 Å². The first kappa shape index (κ1) is 33.8. The number of aromatic nitrogens is 1. The number of rotatable bonds is 9. The Hall–Kier alpha value is -3.57. The summed E-state index contributed by atoms with van der Waals surface area (Å²) < 4.78 is 0. The van der Waals surface area contributed by atoms with E-state index in [2.05, 4.69) is 10.6 Å². The maximum absolute atomic E-state index is 13.7. The smallest absolute Gasteiger partial charge is 0.338 e. The van der Waals surface area contributed by atoms with E-state index in [0.29, 0.717) is 10.8 Å². The summed E-state index contributed by atoms with van der Waals surface area (Å²) in [5.74, 6) is -2.58. The van der Waals surface area contributed by atoms with Crippen LogP contribution in [0.25, 0.3) is 11.3 Å². The van der Waals surface area contributed by atoms with Crippen LogP contribution >= 0.6 is 69.5 Å². The zero-order chi connectivity index (χ0) is 33.1.